The second-order valence-corrected chi connectivity index (χ2v) is 3.47. The lowest BCUT2D eigenvalue weighted by molar-refractivity contribution is 0.355. The fourth-order valence-electron chi connectivity index (χ4n) is 1.37. The Morgan fingerprint density at radius 1 is 1.31 bits per heavy atom. The molecule has 16 heavy (non-hydrogen) atoms. The molecule has 0 spiro atoms. The minimum atomic E-state index is -0.394. The smallest absolute Gasteiger partial charge is 0.260 e. The zero-order valence-electron chi connectivity index (χ0n) is 8.50. The number of hydrogen-bond acceptors (Lipinski definition) is 6. The molecule has 1 aromatic carbocycles. The fraction of sp³-hybridized carbons (Fsp3) is 0.200. The summed E-state index contributed by atoms with van der Waals surface area (Å²) in [5.41, 5.74) is 12.2. The molecule has 0 aliphatic carbocycles. The lowest BCUT2D eigenvalue weighted by atomic mass is 10.1. The van der Waals surface area contributed by atoms with Crippen molar-refractivity contribution in [3.05, 3.63) is 35.7 Å². The molecule has 84 valence electrons. The van der Waals surface area contributed by atoms with Gasteiger partial charge in [0, 0.05) is 0 Å². The Labute approximate surface area is 91.9 Å². The van der Waals surface area contributed by atoms with Gasteiger partial charge in [-0.15, -0.1) is 0 Å². The second-order valence-electron chi connectivity index (χ2n) is 3.47. The van der Waals surface area contributed by atoms with E-state index in [1.54, 1.807) is 24.3 Å². The Kier molecular flexibility index (Phi) is 2.74. The first-order valence-electron chi connectivity index (χ1n) is 4.77. The van der Waals surface area contributed by atoms with Crippen LogP contribution in [0.5, 0.6) is 5.75 Å². The van der Waals surface area contributed by atoms with Crippen LogP contribution >= 0.6 is 0 Å². The van der Waals surface area contributed by atoms with Crippen molar-refractivity contribution >= 4 is 5.95 Å². The maximum Gasteiger partial charge on any atom is 0.260 e. The molecule has 0 saturated heterocycles. The van der Waals surface area contributed by atoms with Crippen molar-refractivity contribution in [1.82, 2.24) is 10.1 Å². The fourth-order valence-corrected chi connectivity index (χ4v) is 1.37. The minimum Gasteiger partial charge on any atom is -0.508 e. The lowest BCUT2D eigenvalue weighted by Gasteiger charge is -2.06. The monoisotopic (exact) mass is 220 g/mol. The van der Waals surface area contributed by atoms with E-state index in [-0.39, 0.29) is 11.7 Å². The van der Waals surface area contributed by atoms with Crippen LogP contribution in [0.1, 0.15) is 17.5 Å². The highest BCUT2D eigenvalue weighted by Crippen LogP contribution is 2.17. The van der Waals surface area contributed by atoms with Crippen LogP contribution in [-0.2, 0) is 6.42 Å². The zero-order chi connectivity index (χ0) is 11.5. The van der Waals surface area contributed by atoms with Crippen molar-refractivity contribution in [2.24, 2.45) is 5.73 Å². The number of nitrogen functional groups attached to an aromatic ring is 1. The van der Waals surface area contributed by atoms with Gasteiger partial charge in [0.05, 0.1) is 6.04 Å². The van der Waals surface area contributed by atoms with Crippen LogP contribution in [0.4, 0.5) is 5.95 Å². The highest BCUT2D eigenvalue weighted by Gasteiger charge is 2.14. The molecule has 0 fully saturated rings. The van der Waals surface area contributed by atoms with Gasteiger partial charge in [-0.05, 0) is 29.3 Å². The maximum atomic E-state index is 9.12. The van der Waals surface area contributed by atoms with Crippen molar-refractivity contribution < 1.29 is 9.63 Å². The van der Waals surface area contributed by atoms with Crippen LogP contribution in [0.15, 0.2) is 28.8 Å². The summed E-state index contributed by atoms with van der Waals surface area (Å²) in [6.45, 7) is 0. The molecular formula is C10H12N4O2. The van der Waals surface area contributed by atoms with Gasteiger partial charge in [0.2, 0.25) is 5.89 Å². The predicted octanol–water partition coefficient (Wildman–Crippen LogP) is 0.600. The van der Waals surface area contributed by atoms with E-state index in [2.05, 4.69) is 10.1 Å². The topological polar surface area (TPSA) is 111 Å². The molecule has 0 bridgehead atoms. The van der Waals surface area contributed by atoms with E-state index in [4.69, 9.17) is 21.1 Å². The van der Waals surface area contributed by atoms with Crippen LogP contribution in [-0.4, -0.2) is 15.2 Å². The van der Waals surface area contributed by atoms with Gasteiger partial charge in [0.15, 0.2) is 0 Å². The summed E-state index contributed by atoms with van der Waals surface area (Å²) in [6.07, 6.45) is 0.544. The molecule has 0 aliphatic heterocycles. The number of aromatic hydroxyl groups is 1. The zero-order valence-corrected chi connectivity index (χ0v) is 8.50. The van der Waals surface area contributed by atoms with E-state index in [0.717, 1.165) is 5.56 Å². The Hall–Kier alpha value is -2.08. The molecule has 5 N–H and O–H groups in total. The van der Waals surface area contributed by atoms with Crippen molar-refractivity contribution in [1.29, 1.82) is 0 Å². The van der Waals surface area contributed by atoms with Crippen LogP contribution in [0.2, 0.25) is 0 Å². The molecule has 0 saturated carbocycles. The Bertz CT molecular complexity index is 466. The van der Waals surface area contributed by atoms with Gasteiger partial charge in [0.25, 0.3) is 5.95 Å². The third kappa shape index (κ3) is 2.29. The average Bonchev–Trinajstić information content (AvgIpc) is 2.68. The molecule has 6 heteroatoms. The Morgan fingerprint density at radius 3 is 2.56 bits per heavy atom. The standard InChI is InChI=1S/C10H12N4O2/c11-8(9-13-10(12)14-16-9)5-6-1-3-7(15)4-2-6/h1-4,8,15H,5,11H2,(H2,12,14)/t8-/m1/s1. The number of benzene rings is 1. The van der Waals surface area contributed by atoms with Crippen LogP contribution in [0, 0.1) is 0 Å². The van der Waals surface area contributed by atoms with Gasteiger partial charge in [-0.3, -0.25) is 0 Å². The first kappa shape index (κ1) is 10.4. The number of nitrogens with zero attached hydrogens (tertiary/aromatic N) is 2. The quantitative estimate of drug-likeness (QED) is 0.698. The van der Waals surface area contributed by atoms with Crippen molar-refractivity contribution in [3.8, 4) is 5.75 Å². The number of rotatable bonds is 3. The summed E-state index contributed by atoms with van der Waals surface area (Å²) in [4.78, 5) is 3.85. The lowest BCUT2D eigenvalue weighted by Crippen LogP contribution is -2.13. The Balaban J connectivity index is 2.07. The number of anilines is 1. The van der Waals surface area contributed by atoms with Crippen molar-refractivity contribution in [3.63, 3.8) is 0 Å². The van der Waals surface area contributed by atoms with Crippen LogP contribution in [0.25, 0.3) is 0 Å². The van der Waals surface area contributed by atoms with Crippen LogP contribution < -0.4 is 11.5 Å². The van der Waals surface area contributed by atoms with Crippen molar-refractivity contribution in [2.75, 3.05) is 5.73 Å². The predicted molar refractivity (Wildman–Crippen MR) is 57.4 cm³/mol. The molecule has 2 aromatic rings. The van der Waals surface area contributed by atoms with Crippen molar-refractivity contribution in [2.45, 2.75) is 12.5 Å². The summed E-state index contributed by atoms with van der Waals surface area (Å²) < 4.78 is 4.86. The van der Waals surface area contributed by atoms with E-state index in [9.17, 15) is 0 Å². The van der Waals surface area contributed by atoms with Gasteiger partial charge in [-0.25, -0.2) is 0 Å². The summed E-state index contributed by atoms with van der Waals surface area (Å²) in [5, 5.41) is 12.6. The SMILES string of the molecule is Nc1noc([C@H](N)Cc2ccc(O)cc2)n1. The summed E-state index contributed by atoms with van der Waals surface area (Å²) in [6, 6.07) is 6.38. The van der Waals surface area contributed by atoms with Gasteiger partial charge in [0.1, 0.15) is 5.75 Å². The normalized spacial score (nSPS) is 12.6. The molecule has 1 aromatic heterocycles. The van der Waals surface area contributed by atoms with Gasteiger partial charge in [-0.2, -0.15) is 4.98 Å². The number of aromatic nitrogens is 2. The molecule has 0 amide bonds. The van der Waals surface area contributed by atoms with Gasteiger partial charge < -0.3 is 21.1 Å². The molecule has 0 aliphatic rings. The third-order valence-electron chi connectivity index (χ3n) is 2.17. The summed E-state index contributed by atoms with van der Waals surface area (Å²) in [5.74, 6) is 0.612. The average molecular weight is 220 g/mol. The molecule has 2 rings (SSSR count). The first-order valence-corrected chi connectivity index (χ1v) is 4.77. The number of hydrogen-bond donors (Lipinski definition) is 3. The summed E-state index contributed by atoms with van der Waals surface area (Å²) in [7, 11) is 0. The number of phenols is 1. The van der Waals surface area contributed by atoms with E-state index < -0.39 is 6.04 Å². The minimum absolute atomic E-state index is 0.0798. The molecule has 0 unspecified atom stereocenters. The number of nitrogens with two attached hydrogens (primary N) is 2. The summed E-state index contributed by atoms with van der Waals surface area (Å²) >= 11 is 0. The van der Waals surface area contributed by atoms with Gasteiger partial charge in [-0.1, -0.05) is 12.1 Å². The highest BCUT2D eigenvalue weighted by atomic mass is 16.5. The largest absolute Gasteiger partial charge is 0.508 e. The highest BCUT2D eigenvalue weighted by molar-refractivity contribution is 5.26. The van der Waals surface area contributed by atoms with E-state index >= 15 is 0 Å². The first-order chi connectivity index (χ1) is 7.65. The Morgan fingerprint density at radius 2 is 2.00 bits per heavy atom. The molecular weight excluding hydrogens is 208 g/mol. The van der Waals surface area contributed by atoms with Crippen LogP contribution in [0.3, 0.4) is 0 Å². The maximum absolute atomic E-state index is 9.12. The van der Waals surface area contributed by atoms with Gasteiger partial charge >= 0.3 is 0 Å². The molecule has 6 nitrogen and oxygen atoms in total. The van der Waals surface area contributed by atoms with E-state index in [1.807, 2.05) is 0 Å². The third-order valence-corrected chi connectivity index (χ3v) is 2.17. The van der Waals surface area contributed by atoms with E-state index in [1.165, 1.54) is 0 Å². The second kappa shape index (κ2) is 4.19. The molecule has 1 heterocycles. The van der Waals surface area contributed by atoms with E-state index in [0.29, 0.717) is 12.3 Å². The molecule has 0 radical (unpaired) electrons. The molecule has 1 atom stereocenters. The number of phenolic OH excluding ortho intramolecular Hbond substituents is 1.